The third-order valence-corrected chi connectivity index (χ3v) is 6.03. The number of thioether (sulfide) groups is 1. The Kier molecular flexibility index (Phi) is 5.49. The van der Waals surface area contributed by atoms with Gasteiger partial charge in [0.05, 0.1) is 6.54 Å². The molecule has 126 valence electrons. The van der Waals surface area contributed by atoms with Crippen molar-refractivity contribution < 1.29 is 0 Å². The number of hydrogen-bond acceptors (Lipinski definition) is 3. The van der Waals surface area contributed by atoms with Gasteiger partial charge >= 0.3 is 0 Å². The second-order valence-corrected chi connectivity index (χ2v) is 7.95. The second-order valence-electron chi connectivity index (χ2n) is 6.72. The van der Waals surface area contributed by atoms with Crippen molar-refractivity contribution in [1.29, 1.82) is 0 Å². The van der Waals surface area contributed by atoms with Crippen LogP contribution in [-0.4, -0.2) is 47.5 Å². The van der Waals surface area contributed by atoms with Gasteiger partial charge in [0, 0.05) is 35.8 Å². The lowest BCUT2D eigenvalue weighted by Gasteiger charge is -2.42. The summed E-state index contributed by atoms with van der Waals surface area (Å²) in [6.45, 7) is 5.31. The Bertz CT molecular complexity index is 528. The highest BCUT2D eigenvalue weighted by Crippen LogP contribution is 2.37. The molecule has 1 aliphatic heterocycles. The van der Waals surface area contributed by atoms with Gasteiger partial charge in [0.25, 0.3) is 0 Å². The predicted molar refractivity (Wildman–Crippen MR) is 101 cm³/mol. The quantitative estimate of drug-likeness (QED) is 0.657. The standard InChI is InChI=1S/C18H28N4S/c1-15-4-6-16(7-5-15)21-17(19)20-14-18(8-2-3-9-18)22-10-12-23-13-11-22/h4-7H,2-3,8-14H2,1H3,(H3,19,20,21). The van der Waals surface area contributed by atoms with Gasteiger partial charge in [-0.3, -0.25) is 9.89 Å². The lowest BCUT2D eigenvalue weighted by atomic mass is 9.95. The number of nitrogens with two attached hydrogens (primary N) is 1. The molecule has 23 heavy (non-hydrogen) atoms. The van der Waals surface area contributed by atoms with Crippen molar-refractivity contribution in [3.05, 3.63) is 29.8 Å². The highest BCUT2D eigenvalue weighted by atomic mass is 32.2. The van der Waals surface area contributed by atoms with E-state index in [2.05, 4.69) is 41.0 Å². The molecule has 4 nitrogen and oxygen atoms in total. The molecule has 1 aromatic rings. The Labute approximate surface area is 143 Å². The summed E-state index contributed by atoms with van der Waals surface area (Å²) >= 11 is 2.07. The molecular weight excluding hydrogens is 304 g/mol. The van der Waals surface area contributed by atoms with Gasteiger partial charge in [-0.25, -0.2) is 0 Å². The van der Waals surface area contributed by atoms with E-state index >= 15 is 0 Å². The third-order valence-electron chi connectivity index (χ3n) is 5.08. The molecule has 0 radical (unpaired) electrons. The van der Waals surface area contributed by atoms with E-state index in [4.69, 9.17) is 10.7 Å². The number of aliphatic imine (C=N–C) groups is 1. The van der Waals surface area contributed by atoms with Crippen molar-refractivity contribution in [3.8, 4) is 0 Å². The number of aryl methyl sites for hydroxylation is 1. The molecule has 1 aromatic carbocycles. The van der Waals surface area contributed by atoms with Gasteiger partial charge in [0.15, 0.2) is 5.96 Å². The average molecular weight is 333 g/mol. The molecule has 1 aliphatic carbocycles. The first kappa shape index (κ1) is 16.7. The minimum Gasteiger partial charge on any atom is -0.370 e. The number of hydrogen-bond donors (Lipinski definition) is 2. The smallest absolute Gasteiger partial charge is 0.193 e. The van der Waals surface area contributed by atoms with Crippen LogP contribution in [0.15, 0.2) is 29.3 Å². The van der Waals surface area contributed by atoms with Crippen LogP contribution in [0.4, 0.5) is 5.69 Å². The SMILES string of the molecule is Cc1ccc(NC(N)=NCC2(N3CCSCC3)CCCC2)cc1. The van der Waals surface area contributed by atoms with Gasteiger partial charge in [0.2, 0.25) is 0 Å². The van der Waals surface area contributed by atoms with Crippen molar-refractivity contribution in [2.24, 2.45) is 10.7 Å². The van der Waals surface area contributed by atoms with Crippen molar-refractivity contribution in [2.75, 3.05) is 36.5 Å². The zero-order valence-electron chi connectivity index (χ0n) is 14.1. The van der Waals surface area contributed by atoms with E-state index in [1.165, 1.54) is 55.8 Å². The molecule has 3 N–H and O–H groups in total. The van der Waals surface area contributed by atoms with E-state index in [0.29, 0.717) is 5.96 Å². The normalized spacial score (nSPS) is 22.2. The maximum Gasteiger partial charge on any atom is 0.193 e. The van der Waals surface area contributed by atoms with Gasteiger partial charge in [-0.15, -0.1) is 0 Å². The zero-order chi connectivity index (χ0) is 16.1. The largest absolute Gasteiger partial charge is 0.370 e. The summed E-state index contributed by atoms with van der Waals surface area (Å²) in [5.41, 5.74) is 8.63. The van der Waals surface area contributed by atoms with Crippen LogP contribution in [0.1, 0.15) is 31.2 Å². The van der Waals surface area contributed by atoms with Crippen LogP contribution in [0.5, 0.6) is 0 Å². The average Bonchev–Trinajstić information content (AvgIpc) is 3.06. The van der Waals surface area contributed by atoms with Crippen LogP contribution in [-0.2, 0) is 0 Å². The molecule has 1 heterocycles. The van der Waals surface area contributed by atoms with Crippen molar-refractivity contribution >= 4 is 23.4 Å². The fraction of sp³-hybridized carbons (Fsp3) is 0.611. The number of nitrogens with zero attached hydrogens (tertiary/aromatic N) is 2. The van der Waals surface area contributed by atoms with Crippen LogP contribution in [0.3, 0.4) is 0 Å². The number of nitrogens with one attached hydrogen (secondary N) is 1. The summed E-state index contributed by atoms with van der Waals surface area (Å²) < 4.78 is 0. The van der Waals surface area contributed by atoms with Crippen LogP contribution < -0.4 is 11.1 Å². The van der Waals surface area contributed by atoms with Crippen LogP contribution in [0, 0.1) is 6.92 Å². The highest BCUT2D eigenvalue weighted by Gasteiger charge is 2.39. The molecule has 2 fully saturated rings. The molecule has 1 saturated carbocycles. The molecule has 2 aliphatic rings. The molecule has 0 bridgehead atoms. The number of rotatable bonds is 4. The van der Waals surface area contributed by atoms with E-state index in [1.807, 2.05) is 12.1 Å². The topological polar surface area (TPSA) is 53.6 Å². The summed E-state index contributed by atoms with van der Waals surface area (Å²) in [4.78, 5) is 7.39. The van der Waals surface area contributed by atoms with Gasteiger partial charge in [0.1, 0.15) is 0 Å². The number of guanidine groups is 1. The summed E-state index contributed by atoms with van der Waals surface area (Å²) in [5, 5.41) is 3.22. The molecule has 0 atom stereocenters. The highest BCUT2D eigenvalue weighted by molar-refractivity contribution is 7.99. The maximum absolute atomic E-state index is 6.13. The molecule has 0 spiro atoms. The molecule has 5 heteroatoms. The molecule has 1 saturated heterocycles. The zero-order valence-corrected chi connectivity index (χ0v) is 14.9. The Morgan fingerprint density at radius 1 is 1.22 bits per heavy atom. The van der Waals surface area contributed by atoms with Gasteiger partial charge in [-0.05, 0) is 31.9 Å². The van der Waals surface area contributed by atoms with Crippen LogP contribution in [0.25, 0.3) is 0 Å². The number of benzene rings is 1. The van der Waals surface area contributed by atoms with E-state index in [9.17, 15) is 0 Å². The second kappa shape index (κ2) is 7.58. The van der Waals surface area contributed by atoms with Crippen molar-refractivity contribution in [2.45, 2.75) is 38.1 Å². The van der Waals surface area contributed by atoms with E-state index in [1.54, 1.807) is 0 Å². The van der Waals surface area contributed by atoms with Crippen LogP contribution in [0.2, 0.25) is 0 Å². The fourth-order valence-electron chi connectivity index (χ4n) is 3.70. The lowest BCUT2D eigenvalue weighted by Crippen LogP contribution is -2.52. The Balaban J connectivity index is 1.64. The van der Waals surface area contributed by atoms with Crippen LogP contribution >= 0.6 is 11.8 Å². The summed E-state index contributed by atoms with van der Waals surface area (Å²) in [6.07, 6.45) is 5.17. The molecule has 0 unspecified atom stereocenters. The van der Waals surface area contributed by atoms with Crippen molar-refractivity contribution in [3.63, 3.8) is 0 Å². The van der Waals surface area contributed by atoms with Gasteiger partial charge in [-0.1, -0.05) is 30.5 Å². The first-order valence-electron chi connectivity index (χ1n) is 8.64. The Morgan fingerprint density at radius 3 is 2.52 bits per heavy atom. The molecular formula is C18H28N4S. The Hall–Kier alpha value is -1.20. The summed E-state index contributed by atoms with van der Waals surface area (Å²) in [5.74, 6) is 3.04. The third kappa shape index (κ3) is 4.21. The number of anilines is 1. The minimum absolute atomic E-state index is 0.251. The summed E-state index contributed by atoms with van der Waals surface area (Å²) in [7, 11) is 0. The Morgan fingerprint density at radius 2 is 1.87 bits per heavy atom. The fourth-order valence-corrected chi connectivity index (χ4v) is 4.60. The lowest BCUT2D eigenvalue weighted by molar-refractivity contribution is 0.112. The van der Waals surface area contributed by atoms with Crippen molar-refractivity contribution in [1.82, 2.24) is 4.90 Å². The monoisotopic (exact) mass is 332 g/mol. The van der Waals surface area contributed by atoms with E-state index in [0.717, 1.165) is 12.2 Å². The predicted octanol–water partition coefficient (Wildman–Crippen LogP) is 3.08. The summed E-state index contributed by atoms with van der Waals surface area (Å²) in [6, 6.07) is 8.26. The first-order chi connectivity index (χ1) is 11.2. The minimum atomic E-state index is 0.251. The molecule has 0 amide bonds. The van der Waals surface area contributed by atoms with E-state index < -0.39 is 0 Å². The maximum atomic E-state index is 6.13. The molecule has 3 rings (SSSR count). The van der Waals surface area contributed by atoms with Gasteiger partial charge < -0.3 is 11.1 Å². The van der Waals surface area contributed by atoms with E-state index in [-0.39, 0.29) is 5.54 Å². The molecule has 0 aromatic heterocycles. The van der Waals surface area contributed by atoms with Gasteiger partial charge in [-0.2, -0.15) is 11.8 Å². The first-order valence-corrected chi connectivity index (χ1v) is 9.80.